The molecule has 0 aliphatic carbocycles. The van der Waals surface area contributed by atoms with Gasteiger partial charge in [0.25, 0.3) is 5.56 Å². The molecule has 1 aliphatic rings. The number of aromatic amines is 1. The van der Waals surface area contributed by atoms with E-state index in [1.54, 1.807) is 0 Å². The number of rotatable bonds is 2. The Bertz CT molecular complexity index is 646. The fraction of sp³-hybridized carbons (Fsp3) is 0.286. The smallest absolute Gasteiger partial charge is 0.252 e. The lowest BCUT2D eigenvalue weighted by molar-refractivity contribution is 0.647. The zero-order chi connectivity index (χ0) is 13.9. The lowest BCUT2D eigenvalue weighted by atomic mass is 10.2. The van der Waals surface area contributed by atoms with Crippen molar-refractivity contribution in [1.82, 2.24) is 9.97 Å². The van der Waals surface area contributed by atoms with Gasteiger partial charge < -0.3 is 20.5 Å². The number of para-hydroxylation sites is 2. The van der Waals surface area contributed by atoms with Crippen molar-refractivity contribution < 1.29 is 0 Å². The molecule has 6 heteroatoms. The molecular weight excluding hydrogens is 254 g/mol. The molecule has 0 amide bonds. The number of nitrogens with one attached hydrogen (secondary N) is 1. The number of nitrogen functional groups attached to an aromatic ring is 1. The van der Waals surface area contributed by atoms with Crippen LogP contribution in [-0.4, -0.2) is 36.1 Å². The summed E-state index contributed by atoms with van der Waals surface area (Å²) < 4.78 is 0. The quantitative estimate of drug-likeness (QED) is 0.785. The molecule has 3 N–H and O–H groups in total. The van der Waals surface area contributed by atoms with Crippen LogP contribution in [0.25, 0.3) is 0 Å². The van der Waals surface area contributed by atoms with Crippen molar-refractivity contribution in [3.63, 3.8) is 0 Å². The number of hydrogen-bond donors (Lipinski definition) is 2. The summed E-state index contributed by atoms with van der Waals surface area (Å²) >= 11 is 0. The minimum absolute atomic E-state index is 0.121. The number of nitrogens with two attached hydrogens (primary N) is 1. The van der Waals surface area contributed by atoms with E-state index in [-0.39, 0.29) is 5.56 Å². The largest absolute Gasteiger partial charge is 0.397 e. The van der Waals surface area contributed by atoms with Crippen molar-refractivity contribution >= 4 is 17.2 Å². The number of aromatic nitrogens is 2. The molecule has 104 valence electrons. The lowest BCUT2D eigenvalue weighted by Crippen LogP contribution is -2.47. The van der Waals surface area contributed by atoms with E-state index in [4.69, 9.17) is 5.73 Å². The first-order valence-corrected chi connectivity index (χ1v) is 6.63. The molecule has 0 saturated carbocycles. The van der Waals surface area contributed by atoms with Crippen molar-refractivity contribution in [2.75, 3.05) is 41.7 Å². The number of H-pyrrole nitrogens is 1. The lowest BCUT2D eigenvalue weighted by Gasteiger charge is -2.37. The summed E-state index contributed by atoms with van der Waals surface area (Å²) in [5, 5.41) is 0. The second-order valence-corrected chi connectivity index (χ2v) is 4.80. The van der Waals surface area contributed by atoms with Gasteiger partial charge in [0.15, 0.2) is 0 Å². The van der Waals surface area contributed by atoms with Gasteiger partial charge in [0.05, 0.1) is 17.7 Å². The average molecular weight is 271 g/mol. The van der Waals surface area contributed by atoms with Gasteiger partial charge in [-0.1, -0.05) is 12.1 Å². The molecule has 0 spiro atoms. The van der Waals surface area contributed by atoms with E-state index in [9.17, 15) is 4.79 Å². The standard InChI is InChI=1S/C14H17N5O/c15-11-3-1-2-4-12(11)18-5-7-19(8-6-18)13-9-14(20)17-10-16-13/h1-4,9-10H,5-8,15H2,(H,16,17,20). The third-order valence-corrected chi connectivity index (χ3v) is 3.54. The van der Waals surface area contributed by atoms with E-state index in [1.807, 2.05) is 24.3 Å². The zero-order valence-electron chi connectivity index (χ0n) is 11.1. The Balaban J connectivity index is 1.71. The van der Waals surface area contributed by atoms with Gasteiger partial charge in [-0.25, -0.2) is 4.98 Å². The number of nitrogens with zero attached hydrogens (tertiary/aromatic N) is 3. The Morgan fingerprint density at radius 3 is 2.50 bits per heavy atom. The molecule has 2 aromatic rings. The van der Waals surface area contributed by atoms with Gasteiger partial charge in [-0.15, -0.1) is 0 Å². The first kappa shape index (κ1) is 12.5. The molecule has 0 bridgehead atoms. The van der Waals surface area contributed by atoms with Crippen LogP contribution in [0.2, 0.25) is 0 Å². The number of anilines is 3. The molecule has 1 saturated heterocycles. The van der Waals surface area contributed by atoms with Gasteiger partial charge in [0.1, 0.15) is 5.82 Å². The summed E-state index contributed by atoms with van der Waals surface area (Å²) in [5.41, 5.74) is 7.76. The highest BCUT2D eigenvalue weighted by atomic mass is 16.1. The molecule has 20 heavy (non-hydrogen) atoms. The highest BCUT2D eigenvalue weighted by Crippen LogP contribution is 2.24. The Hall–Kier alpha value is -2.50. The van der Waals surface area contributed by atoms with E-state index in [0.29, 0.717) is 0 Å². The maximum absolute atomic E-state index is 11.3. The third-order valence-electron chi connectivity index (χ3n) is 3.54. The number of piperazine rings is 1. The highest BCUT2D eigenvalue weighted by Gasteiger charge is 2.19. The van der Waals surface area contributed by atoms with Crippen molar-refractivity contribution in [1.29, 1.82) is 0 Å². The molecular formula is C14H17N5O. The van der Waals surface area contributed by atoms with Crippen LogP contribution in [0.15, 0.2) is 41.5 Å². The Morgan fingerprint density at radius 1 is 1.10 bits per heavy atom. The Labute approximate surface area is 116 Å². The van der Waals surface area contributed by atoms with Gasteiger partial charge in [0.2, 0.25) is 0 Å². The number of hydrogen-bond acceptors (Lipinski definition) is 5. The van der Waals surface area contributed by atoms with Crippen LogP contribution < -0.4 is 21.1 Å². The second-order valence-electron chi connectivity index (χ2n) is 4.80. The minimum atomic E-state index is -0.121. The van der Waals surface area contributed by atoms with Crippen molar-refractivity contribution in [3.8, 4) is 0 Å². The first-order chi connectivity index (χ1) is 9.74. The molecule has 1 aromatic heterocycles. The molecule has 0 unspecified atom stereocenters. The van der Waals surface area contributed by atoms with Crippen molar-refractivity contribution in [2.24, 2.45) is 0 Å². The fourth-order valence-electron chi connectivity index (χ4n) is 2.48. The SMILES string of the molecule is Nc1ccccc1N1CCN(c2cc(=O)[nH]cn2)CC1. The molecule has 6 nitrogen and oxygen atoms in total. The van der Waals surface area contributed by atoms with Crippen LogP contribution in [0, 0.1) is 0 Å². The van der Waals surface area contributed by atoms with E-state index in [1.165, 1.54) is 12.4 Å². The predicted octanol–water partition coefficient (Wildman–Crippen LogP) is 0.679. The van der Waals surface area contributed by atoms with Crippen molar-refractivity contribution in [2.45, 2.75) is 0 Å². The summed E-state index contributed by atoms with van der Waals surface area (Å²) in [6, 6.07) is 9.43. The third kappa shape index (κ3) is 2.45. The summed E-state index contributed by atoms with van der Waals surface area (Å²) in [7, 11) is 0. The average Bonchev–Trinajstić information content (AvgIpc) is 2.48. The monoisotopic (exact) mass is 271 g/mol. The molecule has 2 heterocycles. The molecule has 0 radical (unpaired) electrons. The van der Waals surface area contributed by atoms with Gasteiger partial charge in [-0.2, -0.15) is 0 Å². The summed E-state index contributed by atoms with van der Waals surface area (Å²) in [4.78, 5) is 22.4. The topological polar surface area (TPSA) is 78.2 Å². The normalized spacial score (nSPS) is 15.4. The first-order valence-electron chi connectivity index (χ1n) is 6.63. The van der Waals surface area contributed by atoms with E-state index in [2.05, 4.69) is 19.8 Å². The van der Waals surface area contributed by atoms with Crippen LogP contribution in [0.1, 0.15) is 0 Å². The fourth-order valence-corrected chi connectivity index (χ4v) is 2.48. The van der Waals surface area contributed by atoms with Crippen LogP contribution >= 0.6 is 0 Å². The number of benzene rings is 1. The molecule has 1 aromatic carbocycles. The maximum Gasteiger partial charge on any atom is 0.252 e. The molecule has 3 rings (SSSR count). The molecule has 1 aliphatic heterocycles. The van der Waals surface area contributed by atoms with Gasteiger partial charge in [-0.05, 0) is 12.1 Å². The van der Waals surface area contributed by atoms with E-state index < -0.39 is 0 Å². The molecule has 0 atom stereocenters. The summed E-state index contributed by atoms with van der Waals surface area (Å²) in [6.07, 6.45) is 1.44. The van der Waals surface area contributed by atoms with Gasteiger partial charge in [0, 0.05) is 32.2 Å². The van der Waals surface area contributed by atoms with Crippen molar-refractivity contribution in [3.05, 3.63) is 47.0 Å². The van der Waals surface area contributed by atoms with Crippen LogP contribution in [0.5, 0.6) is 0 Å². The Morgan fingerprint density at radius 2 is 1.80 bits per heavy atom. The molecule has 1 fully saturated rings. The van der Waals surface area contributed by atoms with Crippen LogP contribution in [0.4, 0.5) is 17.2 Å². The zero-order valence-corrected chi connectivity index (χ0v) is 11.1. The highest BCUT2D eigenvalue weighted by molar-refractivity contribution is 5.67. The summed E-state index contributed by atoms with van der Waals surface area (Å²) in [5.74, 6) is 0.731. The predicted molar refractivity (Wildman–Crippen MR) is 80.1 cm³/mol. The van der Waals surface area contributed by atoms with Crippen LogP contribution in [0.3, 0.4) is 0 Å². The Kier molecular flexibility index (Phi) is 3.28. The van der Waals surface area contributed by atoms with Gasteiger partial charge in [-0.3, -0.25) is 4.79 Å². The van der Waals surface area contributed by atoms with E-state index in [0.717, 1.165) is 43.4 Å². The second kappa shape index (κ2) is 5.24. The van der Waals surface area contributed by atoms with E-state index >= 15 is 0 Å². The minimum Gasteiger partial charge on any atom is -0.397 e. The summed E-state index contributed by atoms with van der Waals surface area (Å²) in [6.45, 7) is 3.38. The maximum atomic E-state index is 11.3. The van der Waals surface area contributed by atoms with Crippen LogP contribution in [-0.2, 0) is 0 Å². The van der Waals surface area contributed by atoms with Gasteiger partial charge >= 0.3 is 0 Å².